The quantitative estimate of drug-likeness (QED) is 0.267. The second kappa shape index (κ2) is 7.73. The normalized spacial score (nSPS) is 28.7. The minimum Gasteiger partial charge on any atom is -0.504 e. The summed E-state index contributed by atoms with van der Waals surface area (Å²) in [4.78, 5) is 23.4. The molecule has 0 aromatic heterocycles. The van der Waals surface area contributed by atoms with E-state index < -0.39 is 48.7 Å². The molecule has 1 aromatic rings. The van der Waals surface area contributed by atoms with Crippen LogP contribution in [0, 0.1) is 0 Å². The highest BCUT2D eigenvalue weighted by Gasteiger charge is 2.50. The van der Waals surface area contributed by atoms with Crippen LogP contribution in [0.25, 0.3) is 6.08 Å². The summed E-state index contributed by atoms with van der Waals surface area (Å²) in [5.41, 5.74) is -1.65. The molecule has 142 valence electrons. The number of ether oxygens (including phenoxy) is 2. The highest BCUT2D eigenvalue weighted by molar-refractivity contribution is 5.87. The van der Waals surface area contributed by atoms with Gasteiger partial charge in [0.25, 0.3) is 0 Å². The molecule has 0 bridgehead atoms. The van der Waals surface area contributed by atoms with Crippen molar-refractivity contribution in [2.75, 3.05) is 7.11 Å². The Morgan fingerprint density at radius 1 is 1.15 bits per heavy atom. The van der Waals surface area contributed by atoms with E-state index in [1.165, 1.54) is 24.3 Å². The van der Waals surface area contributed by atoms with Gasteiger partial charge in [-0.2, -0.15) is 0 Å². The average Bonchev–Trinajstić information content (AvgIpc) is 2.58. The third-order valence-electron chi connectivity index (χ3n) is 4.08. The van der Waals surface area contributed by atoms with Gasteiger partial charge >= 0.3 is 11.9 Å². The van der Waals surface area contributed by atoms with Gasteiger partial charge in [0.2, 0.25) is 0 Å². The predicted molar refractivity (Wildman–Crippen MR) is 86.9 cm³/mol. The van der Waals surface area contributed by atoms with Crippen molar-refractivity contribution >= 4 is 18.0 Å². The molecule has 1 aliphatic rings. The zero-order valence-corrected chi connectivity index (χ0v) is 13.9. The summed E-state index contributed by atoms with van der Waals surface area (Å²) in [5.74, 6) is -2.55. The maximum absolute atomic E-state index is 11.9. The summed E-state index contributed by atoms with van der Waals surface area (Å²) in [6.45, 7) is 0. The summed E-state index contributed by atoms with van der Waals surface area (Å²) < 4.78 is 9.44. The zero-order valence-electron chi connectivity index (χ0n) is 13.9. The molecule has 9 nitrogen and oxygen atoms in total. The standard InChI is InChI=1S/C17H20O9/c1-25-16(23)17(24)7-12(20)15(13(21)8-17)26-14(22)5-3-9-2-4-10(18)11(19)6-9/h2-6,12-13,15,18-21,24H,7-8H2,1H3/t12-,13-,15?,17?/m1/s1. The van der Waals surface area contributed by atoms with Gasteiger partial charge in [0, 0.05) is 18.9 Å². The van der Waals surface area contributed by atoms with E-state index in [0.29, 0.717) is 5.56 Å². The highest BCUT2D eigenvalue weighted by Crippen LogP contribution is 2.32. The number of aliphatic hydroxyl groups excluding tert-OH is 2. The van der Waals surface area contributed by atoms with Crippen LogP contribution >= 0.6 is 0 Å². The molecule has 0 radical (unpaired) electrons. The van der Waals surface area contributed by atoms with Crippen molar-refractivity contribution in [3.63, 3.8) is 0 Å². The van der Waals surface area contributed by atoms with Crippen molar-refractivity contribution < 1.29 is 44.6 Å². The Labute approximate surface area is 148 Å². The summed E-state index contributed by atoms with van der Waals surface area (Å²) in [7, 11) is 1.07. The molecule has 0 unspecified atom stereocenters. The van der Waals surface area contributed by atoms with Gasteiger partial charge in [0.1, 0.15) is 0 Å². The molecule has 26 heavy (non-hydrogen) atoms. The second-order valence-electron chi connectivity index (χ2n) is 6.05. The van der Waals surface area contributed by atoms with E-state index >= 15 is 0 Å². The molecule has 5 N–H and O–H groups in total. The average molecular weight is 368 g/mol. The number of carbonyl (C=O) groups excluding carboxylic acids is 2. The number of esters is 2. The Bertz CT molecular complexity index is 700. The van der Waals surface area contributed by atoms with Crippen molar-refractivity contribution in [3.05, 3.63) is 29.8 Å². The van der Waals surface area contributed by atoms with Crippen LogP contribution in [0.3, 0.4) is 0 Å². The van der Waals surface area contributed by atoms with Crippen molar-refractivity contribution in [2.45, 2.75) is 36.8 Å². The van der Waals surface area contributed by atoms with E-state index in [2.05, 4.69) is 4.74 Å². The maximum Gasteiger partial charge on any atom is 0.338 e. The molecule has 1 saturated carbocycles. The lowest BCUT2D eigenvalue weighted by molar-refractivity contribution is -0.198. The molecule has 2 rings (SSSR count). The lowest BCUT2D eigenvalue weighted by Gasteiger charge is -2.39. The number of rotatable bonds is 4. The van der Waals surface area contributed by atoms with Gasteiger partial charge in [-0.1, -0.05) is 6.07 Å². The van der Waals surface area contributed by atoms with E-state index in [-0.39, 0.29) is 11.5 Å². The molecular formula is C17H20O9. The smallest absolute Gasteiger partial charge is 0.338 e. The Morgan fingerprint density at radius 3 is 2.31 bits per heavy atom. The van der Waals surface area contributed by atoms with Crippen molar-refractivity contribution in [1.29, 1.82) is 0 Å². The first kappa shape index (κ1) is 19.7. The van der Waals surface area contributed by atoms with E-state index in [4.69, 9.17) is 4.74 Å². The van der Waals surface area contributed by atoms with Gasteiger partial charge in [-0.3, -0.25) is 0 Å². The first-order valence-corrected chi connectivity index (χ1v) is 7.74. The molecule has 0 aliphatic heterocycles. The SMILES string of the molecule is COC(=O)C1(O)C[C@@H](O)C(OC(=O)C=Cc2ccc(O)c(O)c2)[C@H](O)C1. The van der Waals surface area contributed by atoms with Crippen LogP contribution < -0.4 is 0 Å². The summed E-state index contributed by atoms with van der Waals surface area (Å²) in [6.07, 6.45) is -2.88. The van der Waals surface area contributed by atoms with Crippen LogP contribution in [-0.2, 0) is 19.1 Å². The largest absolute Gasteiger partial charge is 0.504 e. The molecule has 0 amide bonds. The Balaban J connectivity index is 2.01. The van der Waals surface area contributed by atoms with Crippen LogP contribution in [0.5, 0.6) is 11.5 Å². The van der Waals surface area contributed by atoms with Gasteiger partial charge in [-0.25, -0.2) is 9.59 Å². The molecule has 9 heteroatoms. The fraction of sp³-hybridized carbons (Fsp3) is 0.412. The molecule has 0 spiro atoms. The molecular weight excluding hydrogens is 348 g/mol. The van der Waals surface area contributed by atoms with E-state index in [1.54, 1.807) is 0 Å². The van der Waals surface area contributed by atoms with Crippen molar-refractivity contribution in [1.82, 2.24) is 0 Å². The third-order valence-corrected chi connectivity index (χ3v) is 4.08. The van der Waals surface area contributed by atoms with Crippen LogP contribution in [0.4, 0.5) is 0 Å². The number of hydrogen-bond donors (Lipinski definition) is 5. The summed E-state index contributed by atoms with van der Waals surface area (Å²) >= 11 is 0. The Hall–Kier alpha value is -2.62. The topological polar surface area (TPSA) is 154 Å². The summed E-state index contributed by atoms with van der Waals surface area (Å²) in [5, 5.41) is 48.8. The van der Waals surface area contributed by atoms with Gasteiger partial charge in [0.15, 0.2) is 23.2 Å². The number of methoxy groups -OCH3 is 1. The lowest BCUT2D eigenvalue weighted by atomic mass is 9.79. The van der Waals surface area contributed by atoms with E-state index in [0.717, 1.165) is 13.2 Å². The zero-order chi connectivity index (χ0) is 19.5. The molecule has 2 atom stereocenters. The highest BCUT2D eigenvalue weighted by atomic mass is 16.6. The number of aromatic hydroxyl groups is 2. The minimum atomic E-state index is -2.06. The fourth-order valence-electron chi connectivity index (χ4n) is 2.76. The Morgan fingerprint density at radius 2 is 1.77 bits per heavy atom. The fourth-order valence-corrected chi connectivity index (χ4v) is 2.76. The Kier molecular flexibility index (Phi) is 5.86. The van der Waals surface area contributed by atoms with Crippen LogP contribution in [0.1, 0.15) is 18.4 Å². The first-order valence-electron chi connectivity index (χ1n) is 7.74. The number of phenols is 2. The van der Waals surface area contributed by atoms with Gasteiger partial charge in [-0.05, 0) is 23.8 Å². The lowest BCUT2D eigenvalue weighted by Crippen LogP contribution is -2.57. The van der Waals surface area contributed by atoms with Gasteiger partial charge < -0.3 is 35.0 Å². The minimum absolute atomic E-state index is 0.309. The molecule has 1 aromatic carbocycles. The second-order valence-corrected chi connectivity index (χ2v) is 6.05. The number of carbonyl (C=O) groups is 2. The van der Waals surface area contributed by atoms with Crippen LogP contribution in [-0.4, -0.2) is 68.5 Å². The monoisotopic (exact) mass is 368 g/mol. The predicted octanol–water partition coefficient (Wildman–Crippen LogP) is -0.558. The number of benzene rings is 1. The molecule has 1 aliphatic carbocycles. The first-order chi connectivity index (χ1) is 12.2. The van der Waals surface area contributed by atoms with Crippen LogP contribution in [0.15, 0.2) is 24.3 Å². The van der Waals surface area contributed by atoms with Gasteiger partial charge in [0.05, 0.1) is 19.3 Å². The molecule has 1 fully saturated rings. The molecule has 0 saturated heterocycles. The van der Waals surface area contributed by atoms with Crippen molar-refractivity contribution in [3.8, 4) is 11.5 Å². The number of phenolic OH excluding ortho intramolecular Hbond substituents is 2. The number of hydrogen-bond acceptors (Lipinski definition) is 9. The third kappa shape index (κ3) is 4.31. The number of aliphatic hydroxyl groups is 3. The van der Waals surface area contributed by atoms with Gasteiger partial charge in [-0.15, -0.1) is 0 Å². The van der Waals surface area contributed by atoms with Crippen molar-refractivity contribution in [2.24, 2.45) is 0 Å². The molecule has 0 heterocycles. The van der Waals surface area contributed by atoms with E-state index in [9.17, 15) is 35.1 Å². The van der Waals surface area contributed by atoms with Crippen LogP contribution in [0.2, 0.25) is 0 Å². The summed E-state index contributed by atoms with van der Waals surface area (Å²) in [6, 6.07) is 3.90. The maximum atomic E-state index is 11.9. The van der Waals surface area contributed by atoms with E-state index in [1.807, 2.05) is 0 Å².